The maximum atomic E-state index is 12.5. The number of carbonyl (C=O) groups excluding carboxylic acids is 1. The number of para-hydroxylation sites is 1. The molecule has 1 fully saturated rings. The van der Waals surface area contributed by atoms with Gasteiger partial charge in [0.05, 0.1) is 21.5 Å². The van der Waals surface area contributed by atoms with Gasteiger partial charge >= 0.3 is 0 Å². The summed E-state index contributed by atoms with van der Waals surface area (Å²) in [6, 6.07) is 4.83. The fourth-order valence-corrected chi connectivity index (χ4v) is 5.34. The van der Waals surface area contributed by atoms with Crippen molar-refractivity contribution in [1.29, 1.82) is 0 Å². The van der Waals surface area contributed by atoms with Crippen LogP contribution in [0.2, 0.25) is 5.02 Å². The number of amides is 1. The van der Waals surface area contributed by atoms with Gasteiger partial charge in [-0.3, -0.25) is 4.79 Å². The van der Waals surface area contributed by atoms with Crippen molar-refractivity contribution < 1.29 is 13.2 Å². The highest BCUT2D eigenvalue weighted by molar-refractivity contribution is 7.88. The number of nitrogens with zero attached hydrogens (tertiary/aromatic N) is 3. The van der Waals surface area contributed by atoms with Gasteiger partial charge in [0.25, 0.3) is 5.91 Å². The molecule has 2 heterocycles. The minimum Gasteiger partial charge on any atom is -0.318 e. The van der Waals surface area contributed by atoms with Gasteiger partial charge in [0, 0.05) is 13.6 Å². The van der Waals surface area contributed by atoms with Crippen molar-refractivity contribution in [3.8, 4) is 0 Å². The summed E-state index contributed by atoms with van der Waals surface area (Å²) in [5.41, 5.74) is 0.817. The normalized spacial score (nSPS) is 20.5. The zero-order valence-corrected chi connectivity index (χ0v) is 15.1. The second-order valence-corrected chi connectivity index (χ2v) is 8.86. The number of aryl methyl sites for hydroxylation is 1. The van der Waals surface area contributed by atoms with Crippen LogP contribution in [0.1, 0.15) is 12.8 Å². The maximum absolute atomic E-state index is 12.5. The smallest absolute Gasteiger partial charge is 0.266 e. The number of sulfonamides is 1. The second-order valence-electron chi connectivity index (χ2n) is 5.51. The number of aromatic nitrogens is 1. The SMILES string of the molecule is Cn1c(=NC(=O)C2CCCN2S(C)(=O)=O)sc2cccc(Cl)c21. The van der Waals surface area contributed by atoms with Gasteiger partial charge in [-0.25, -0.2) is 8.42 Å². The average Bonchev–Trinajstić information content (AvgIpc) is 3.05. The Bertz CT molecular complexity index is 946. The first-order valence-electron chi connectivity index (χ1n) is 7.08. The van der Waals surface area contributed by atoms with Crippen LogP contribution in [-0.2, 0) is 21.9 Å². The van der Waals surface area contributed by atoms with Gasteiger partial charge in [0.15, 0.2) is 4.80 Å². The third kappa shape index (κ3) is 3.08. The van der Waals surface area contributed by atoms with E-state index >= 15 is 0 Å². The van der Waals surface area contributed by atoms with E-state index in [-0.39, 0.29) is 0 Å². The molecule has 0 saturated carbocycles. The van der Waals surface area contributed by atoms with E-state index in [9.17, 15) is 13.2 Å². The Morgan fingerprint density at radius 3 is 2.83 bits per heavy atom. The quantitative estimate of drug-likeness (QED) is 0.805. The minimum atomic E-state index is -3.40. The van der Waals surface area contributed by atoms with Crippen LogP contribution in [0.5, 0.6) is 0 Å². The van der Waals surface area contributed by atoms with Crippen LogP contribution in [0.15, 0.2) is 23.2 Å². The Labute approximate surface area is 143 Å². The predicted molar refractivity (Wildman–Crippen MR) is 90.9 cm³/mol. The number of halogens is 1. The van der Waals surface area contributed by atoms with Crippen molar-refractivity contribution in [3.63, 3.8) is 0 Å². The van der Waals surface area contributed by atoms with Crippen molar-refractivity contribution >= 4 is 49.1 Å². The maximum Gasteiger partial charge on any atom is 0.266 e. The van der Waals surface area contributed by atoms with E-state index in [0.717, 1.165) is 16.5 Å². The molecular weight excluding hydrogens is 358 g/mol. The van der Waals surface area contributed by atoms with Crippen molar-refractivity contribution in [2.24, 2.45) is 12.0 Å². The lowest BCUT2D eigenvalue weighted by atomic mass is 10.2. The highest BCUT2D eigenvalue weighted by atomic mass is 35.5. The number of rotatable bonds is 2. The molecule has 3 rings (SSSR count). The summed E-state index contributed by atoms with van der Waals surface area (Å²) in [5.74, 6) is -0.425. The highest BCUT2D eigenvalue weighted by Gasteiger charge is 2.36. The monoisotopic (exact) mass is 373 g/mol. The van der Waals surface area contributed by atoms with Gasteiger partial charge in [-0.05, 0) is 25.0 Å². The summed E-state index contributed by atoms with van der Waals surface area (Å²) in [5, 5.41) is 0.591. The molecule has 124 valence electrons. The van der Waals surface area contributed by atoms with E-state index in [1.807, 2.05) is 12.1 Å². The fraction of sp³-hybridized carbons (Fsp3) is 0.429. The van der Waals surface area contributed by atoms with Gasteiger partial charge in [-0.15, -0.1) is 0 Å². The molecule has 1 saturated heterocycles. The molecule has 0 bridgehead atoms. The molecule has 1 amide bonds. The van der Waals surface area contributed by atoms with Crippen molar-refractivity contribution in [2.45, 2.75) is 18.9 Å². The Morgan fingerprint density at radius 2 is 2.17 bits per heavy atom. The molecule has 6 nitrogen and oxygen atoms in total. The van der Waals surface area contributed by atoms with Crippen LogP contribution in [0.3, 0.4) is 0 Å². The fourth-order valence-electron chi connectivity index (χ4n) is 2.82. The van der Waals surface area contributed by atoms with E-state index in [2.05, 4.69) is 4.99 Å². The molecule has 0 spiro atoms. The molecule has 1 aromatic carbocycles. The Kier molecular flexibility index (Phi) is 4.35. The second kappa shape index (κ2) is 6.01. The summed E-state index contributed by atoms with van der Waals surface area (Å²) < 4.78 is 27.5. The molecule has 9 heteroatoms. The summed E-state index contributed by atoms with van der Waals surface area (Å²) in [6.07, 6.45) is 2.30. The Hall–Kier alpha value is -1.22. The number of thiazole rings is 1. The summed E-state index contributed by atoms with van der Waals surface area (Å²) in [4.78, 5) is 17.1. The van der Waals surface area contributed by atoms with Crippen molar-refractivity contribution in [3.05, 3.63) is 28.0 Å². The van der Waals surface area contributed by atoms with Gasteiger partial charge in [-0.2, -0.15) is 9.30 Å². The molecule has 1 aliphatic rings. The van der Waals surface area contributed by atoms with Gasteiger partial charge in [-0.1, -0.05) is 29.0 Å². The lowest BCUT2D eigenvalue weighted by Crippen LogP contribution is -2.39. The molecule has 1 aromatic heterocycles. The van der Waals surface area contributed by atoms with Crippen LogP contribution in [0.4, 0.5) is 0 Å². The minimum absolute atomic E-state index is 0.370. The molecule has 0 N–H and O–H groups in total. The first kappa shape index (κ1) is 16.6. The van der Waals surface area contributed by atoms with Gasteiger partial charge in [0.2, 0.25) is 10.0 Å². The summed E-state index contributed by atoms with van der Waals surface area (Å²) >= 11 is 7.55. The third-order valence-electron chi connectivity index (χ3n) is 3.89. The lowest BCUT2D eigenvalue weighted by molar-refractivity contribution is -0.121. The molecule has 23 heavy (non-hydrogen) atoms. The van der Waals surface area contributed by atoms with Gasteiger partial charge < -0.3 is 4.57 Å². The Morgan fingerprint density at radius 1 is 1.43 bits per heavy atom. The van der Waals surface area contributed by atoms with Crippen LogP contribution < -0.4 is 4.80 Å². The number of hydrogen-bond donors (Lipinski definition) is 0. The third-order valence-corrected chi connectivity index (χ3v) is 6.59. The van der Waals surface area contributed by atoms with E-state index < -0.39 is 22.0 Å². The standard InChI is InChI=1S/C14H16ClN3O3S2/c1-17-12-9(15)5-3-7-11(12)22-14(17)16-13(19)10-6-4-8-18(10)23(2,20)21/h3,5,7,10H,4,6,8H2,1-2H3. The number of fused-ring (bicyclic) bond motifs is 1. The predicted octanol–water partition coefficient (Wildman–Crippen LogP) is 1.74. The van der Waals surface area contributed by atoms with E-state index in [1.54, 1.807) is 17.7 Å². The van der Waals surface area contributed by atoms with Crippen LogP contribution in [-0.4, -0.2) is 42.0 Å². The molecule has 0 radical (unpaired) electrons. The number of hydrogen-bond acceptors (Lipinski definition) is 4. The molecule has 1 atom stereocenters. The average molecular weight is 374 g/mol. The molecular formula is C14H16ClN3O3S2. The summed E-state index contributed by atoms with van der Waals surface area (Å²) in [7, 11) is -1.61. The molecule has 1 aliphatic heterocycles. The van der Waals surface area contributed by atoms with Crippen molar-refractivity contribution in [2.75, 3.05) is 12.8 Å². The van der Waals surface area contributed by atoms with Crippen LogP contribution >= 0.6 is 22.9 Å². The summed E-state index contributed by atoms with van der Waals surface area (Å²) in [6.45, 7) is 0.370. The highest BCUT2D eigenvalue weighted by Crippen LogP contribution is 2.25. The number of carbonyl (C=O) groups is 1. The zero-order chi connectivity index (χ0) is 16.8. The van der Waals surface area contributed by atoms with E-state index in [4.69, 9.17) is 11.6 Å². The first-order chi connectivity index (χ1) is 10.8. The van der Waals surface area contributed by atoms with E-state index in [1.165, 1.54) is 15.6 Å². The van der Waals surface area contributed by atoms with Crippen molar-refractivity contribution in [1.82, 2.24) is 8.87 Å². The topological polar surface area (TPSA) is 71.7 Å². The molecule has 1 unspecified atom stereocenters. The van der Waals surface area contributed by atoms with Crippen LogP contribution in [0, 0.1) is 0 Å². The van der Waals surface area contributed by atoms with Gasteiger partial charge in [0.1, 0.15) is 6.04 Å². The first-order valence-corrected chi connectivity index (χ1v) is 10.1. The molecule has 2 aromatic rings. The zero-order valence-electron chi connectivity index (χ0n) is 12.7. The molecule has 0 aliphatic carbocycles. The number of benzene rings is 1. The largest absolute Gasteiger partial charge is 0.318 e. The lowest BCUT2D eigenvalue weighted by Gasteiger charge is -2.18. The van der Waals surface area contributed by atoms with Crippen LogP contribution in [0.25, 0.3) is 10.2 Å². The Balaban J connectivity index is 2.03. The van der Waals surface area contributed by atoms with E-state index in [0.29, 0.717) is 29.2 Å².